The van der Waals surface area contributed by atoms with Gasteiger partial charge < -0.3 is 19.5 Å². The highest BCUT2D eigenvalue weighted by Crippen LogP contribution is 2.32. The highest BCUT2D eigenvalue weighted by atomic mass is 19.4. The normalized spacial score (nSPS) is 20.3. The number of alkyl halides is 3. The maximum absolute atomic E-state index is 13.0. The number of nitrogens with zero attached hydrogens (tertiary/aromatic N) is 3. The number of carbonyl (C=O) groups is 2. The summed E-state index contributed by atoms with van der Waals surface area (Å²) in [6.45, 7) is 3.34. The number of nitrogens with one attached hydrogen (secondary N) is 1. The molecule has 32 heavy (non-hydrogen) atoms. The molecule has 1 aromatic heterocycles. The van der Waals surface area contributed by atoms with E-state index in [0.717, 1.165) is 17.7 Å². The fourth-order valence-corrected chi connectivity index (χ4v) is 4.18. The Balaban J connectivity index is 1.35. The summed E-state index contributed by atoms with van der Waals surface area (Å²) < 4.78 is 44.1. The number of hydrogen-bond donors (Lipinski definition) is 1. The van der Waals surface area contributed by atoms with Gasteiger partial charge in [0.15, 0.2) is 0 Å². The minimum Gasteiger partial charge on any atom is -0.472 e. The summed E-state index contributed by atoms with van der Waals surface area (Å²) in [5.41, 5.74) is 0.742. The number of rotatable bonds is 5. The van der Waals surface area contributed by atoms with E-state index in [2.05, 4.69) is 5.32 Å². The molecule has 1 atom stereocenters. The number of anilines is 1. The molecule has 0 aliphatic carbocycles. The van der Waals surface area contributed by atoms with Crippen LogP contribution in [-0.4, -0.2) is 66.9 Å². The predicted octanol–water partition coefficient (Wildman–Crippen LogP) is 2.34. The molecule has 7 nitrogen and oxygen atoms in total. The van der Waals surface area contributed by atoms with Gasteiger partial charge in [0.25, 0.3) is 0 Å². The predicted molar refractivity (Wildman–Crippen MR) is 111 cm³/mol. The SMILES string of the molecule is O=C1NCCN(Cc2ccoc2)[C@@H]1CC(=O)N1CCN(c2cccc(C(F)(F)F)c2)CC1. The van der Waals surface area contributed by atoms with Crippen LogP contribution in [0.15, 0.2) is 47.3 Å². The molecular weight excluding hydrogens is 425 g/mol. The van der Waals surface area contributed by atoms with Crippen LogP contribution < -0.4 is 10.2 Å². The van der Waals surface area contributed by atoms with E-state index >= 15 is 0 Å². The van der Waals surface area contributed by atoms with Crippen molar-refractivity contribution in [2.45, 2.75) is 25.2 Å². The molecule has 10 heteroatoms. The van der Waals surface area contributed by atoms with Gasteiger partial charge in [-0.3, -0.25) is 14.5 Å². The van der Waals surface area contributed by atoms with Crippen molar-refractivity contribution in [3.05, 3.63) is 54.0 Å². The van der Waals surface area contributed by atoms with Crippen LogP contribution in [0.1, 0.15) is 17.5 Å². The zero-order valence-corrected chi connectivity index (χ0v) is 17.5. The van der Waals surface area contributed by atoms with Gasteiger partial charge in [-0.05, 0) is 24.3 Å². The largest absolute Gasteiger partial charge is 0.472 e. The lowest BCUT2D eigenvalue weighted by atomic mass is 10.1. The van der Waals surface area contributed by atoms with Gasteiger partial charge in [-0.1, -0.05) is 6.07 Å². The zero-order valence-electron chi connectivity index (χ0n) is 17.5. The maximum atomic E-state index is 13.0. The van der Waals surface area contributed by atoms with Crippen molar-refractivity contribution < 1.29 is 27.2 Å². The minimum atomic E-state index is -4.39. The standard InChI is InChI=1S/C22H25F3N4O3/c23-22(24,25)17-2-1-3-18(12-17)27-7-9-28(10-8-27)20(30)13-19-21(31)26-5-6-29(19)14-16-4-11-32-15-16/h1-4,11-12,15,19H,5-10,13-14H2,(H,26,31)/t19-/m1/s1. The Kier molecular flexibility index (Phi) is 6.40. The van der Waals surface area contributed by atoms with Crippen LogP contribution in [-0.2, 0) is 22.3 Å². The van der Waals surface area contributed by atoms with Gasteiger partial charge in [0.2, 0.25) is 11.8 Å². The third-order valence-corrected chi connectivity index (χ3v) is 5.95. The van der Waals surface area contributed by atoms with Gasteiger partial charge in [0.05, 0.1) is 30.6 Å². The van der Waals surface area contributed by atoms with Crippen LogP contribution in [0, 0.1) is 0 Å². The molecule has 0 unspecified atom stereocenters. The summed E-state index contributed by atoms with van der Waals surface area (Å²) >= 11 is 0. The summed E-state index contributed by atoms with van der Waals surface area (Å²) in [6, 6.07) is 6.50. The Hall–Kier alpha value is -3.01. The Morgan fingerprint density at radius 3 is 2.59 bits per heavy atom. The maximum Gasteiger partial charge on any atom is 0.416 e. The molecular formula is C22H25F3N4O3. The monoisotopic (exact) mass is 450 g/mol. The molecule has 1 aromatic carbocycles. The van der Waals surface area contributed by atoms with E-state index in [-0.39, 0.29) is 18.2 Å². The van der Waals surface area contributed by atoms with Gasteiger partial charge >= 0.3 is 6.18 Å². The molecule has 2 saturated heterocycles. The van der Waals surface area contributed by atoms with Crippen LogP contribution in [0.4, 0.5) is 18.9 Å². The Bertz CT molecular complexity index is 940. The first-order valence-corrected chi connectivity index (χ1v) is 10.5. The number of furan rings is 1. The molecule has 4 rings (SSSR count). The second-order valence-electron chi connectivity index (χ2n) is 8.03. The number of amides is 2. The van der Waals surface area contributed by atoms with Crippen LogP contribution in [0.3, 0.4) is 0 Å². The van der Waals surface area contributed by atoms with Gasteiger partial charge in [-0.2, -0.15) is 13.2 Å². The van der Waals surface area contributed by atoms with Crippen molar-refractivity contribution in [2.75, 3.05) is 44.2 Å². The summed E-state index contributed by atoms with van der Waals surface area (Å²) in [4.78, 5) is 30.9. The van der Waals surface area contributed by atoms with Crippen molar-refractivity contribution in [3.8, 4) is 0 Å². The van der Waals surface area contributed by atoms with Crippen LogP contribution in [0.25, 0.3) is 0 Å². The number of benzene rings is 1. The van der Waals surface area contributed by atoms with Crippen LogP contribution >= 0.6 is 0 Å². The van der Waals surface area contributed by atoms with Gasteiger partial charge in [0.1, 0.15) is 0 Å². The lowest BCUT2D eigenvalue weighted by Gasteiger charge is -2.38. The molecule has 0 spiro atoms. The summed E-state index contributed by atoms with van der Waals surface area (Å²) in [5, 5.41) is 2.82. The van der Waals surface area contributed by atoms with Crippen molar-refractivity contribution in [3.63, 3.8) is 0 Å². The molecule has 3 heterocycles. The van der Waals surface area contributed by atoms with E-state index in [1.807, 2.05) is 15.9 Å². The number of piperazine rings is 2. The molecule has 0 bridgehead atoms. The van der Waals surface area contributed by atoms with Crippen molar-refractivity contribution in [2.24, 2.45) is 0 Å². The smallest absolute Gasteiger partial charge is 0.416 e. The van der Waals surface area contributed by atoms with E-state index in [9.17, 15) is 22.8 Å². The number of carbonyl (C=O) groups excluding carboxylic acids is 2. The van der Waals surface area contributed by atoms with Crippen molar-refractivity contribution in [1.29, 1.82) is 0 Å². The number of hydrogen-bond acceptors (Lipinski definition) is 5. The van der Waals surface area contributed by atoms with E-state index < -0.39 is 17.8 Å². The average molecular weight is 450 g/mol. The molecule has 2 amide bonds. The van der Waals surface area contributed by atoms with Gasteiger partial charge in [-0.15, -0.1) is 0 Å². The van der Waals surface area contributed by atoms with Gasteiger partial charge in [0, 0.05) is 57.1 Å². The second kappa shape index (κ2) is 9.23. The van der Waals surface area contributed by atoms with E-state index in [0.29, 0.717) is 51.5 Å². The molecule has 2 aliphatic heterocycles. The fraction of sp³-hybridized carbons (Fsp3) is 0.455. The average Bonchev–Trinajstić information content (AvgIpc) is 3.29. The van der Waals surface area contributed by atoms with Crippen molar-refractivity contribution in [1.82, 2.24) is 15.1 Å². The molecule has 2 aromatic rings. The quantitative estimate of drug-likeness (QED) is 0.758. The highest BCUT2D eigenvalue weighted by molar-refractivity contribution is 5.89. The lowest BCUT2D eigenvalue weighted by Crippen LogP contribution is -2.57. The second-order valence-corrected chi connectivity index (χ2v) is 8.03. The topological polar surface area (TPSA) is 69.0 Å². The number of halogens is 3. The van der Waals surface area contributed by atoms with Crippen LogP contribution in [0.5, 0.6) is 0 Å². The molecule has 1 N–H and O–H groups in total. The third kappa shape index (κ3) is 5.07. The molecule has 0 saturated carbocycles. The Morgan fingerprint density at radius 2 is 1.91 bits per heavy atom. The first-order valence-electron chi connectivity index (χ1n) is 10.5. The van der Waals surface area contributed by atoms with E-state index in [1.165, 1.54) is 6.07 Å². The molecule has 172 valence electrons. The Morgan fingerprint density at radius 1 is 1.12 bits per heavy atom. The summed E-state index contributed by atoms with van der Waals surface area (Å²) in [6.07, 6.45) is -1.13. The van der Waals surface area contributed by atoms with Gasteiger partial charge in [-0.25, -0.2) is 0 Å². The molecule has 2 aliphatic rings. The van der Waals surface area contributed by atoms with Crippen LogP contribution in [0.2, 0.25) is 0 Å². The first-order chi connectivity index (χ1) is 15.3. The fourth-order valence-electron chi connectivity index (χ4n) is 4.18. The first kappa shape index (κ1) is 22.2. The van der Waals surface area contributed by atoms with Crippen molar-refractivity contribution >= 4 is 17.5 Å². The minimum absolute atomic E-state index is 0.0627. The summed E-state index contributed by atoms with van der Waals surface area (Å²) in [7, 11) is 0. The third-order valence-electron chi connectivity index (χ3n) is 5.95. The Labute approximate surface area is 183 Å². The molecule has 2 fully saturated rings. The lowest BCUT2D eigenvalue weighted by molar-refractivity contribution is -0.139. The zero-order chi connectivity index (χ0) is 22.7. The van der Waals surface area contributed by atoms with E-state index in [4.69, 9.17) is 4.42 Å². The molecule has 0 radical (unpaired) electrons. The van der Waals surface area contributed by atoms with E-state index in [1.54, 1.807) is 23.5 Å². The summed E-state index contributed by atoms with van der Waals surface area (Å²) in [5.74, 6) is -0.302. The highest BCUT2D eigenvalue weighted by Gasteiger charge is 2.34.